The van der Waals surface area contributed by atoms with E-state index in [0.29, 0.717) is 25.8 Å². The van der Waals surface area contributed by atoms with Crippen LogP contribution in [0.25, 0.3) is 0 Å². The van der Waals surface area contributed by atoms with E-state index in [2.05, 4.69) is 21.2 Å². The van der Waals surface area contributed by atoms with Crippen LogP contribution in [0, 0.1) is 0 Å². The molecule has 0 aromatic heterocycles. The molecule has 1 atom stereocenters. The van der Waals surface area contributed by atoms with Gasteiger partial charge in [0.1, 0.15) is 12.6 Å². The third kappa shape index (κ3) is 8.47. The maximum atomic E-state index is 14.2. The number of hydrogen-bond donors (Lipinski definition) is 1. The first kappa shape index (κ1) is 31.3. The zero-order chi connectivity index (χ0) is 29.6. The molecule has 0 saturated heterocycles. The average molecular weight is 681 g/mol. The summed E-state index contributed by atoms with van der Waals surface area (Å²) in [5.41, 5.74) is 1.77. The summed E-state index contributed by atoms with van der Waals surface area (Å²) in [7, 11) is -3.87. The molecule has 1 fully saturated rings. The van der Waals surface area contributed by atoms with Crippen molar-refractivity contribution >= 4 is 66.7 Å². The summed E-state index contributed by atoms with van der Waals surface area (Å²) in [4.78, 5) is 29.5. The van der Waals surface area contributed by atoms with Gasteiger partial charge in [-0.2, -0.15) is 0 Å². The van der Waals surface area contributed by atoms with Crippen molar-refractivity contribution in [2.45, 2.75) is 50.7 Å². The van der Waals surface area contributed by atoms with Gasteiger partial charge in [-0.1, -0.05) is 84.6 Å². The van der Waals surface area contributed by atoms with Gasteiger partial charge in [0.15, 0.2) is 0 Å². The Hall–Kier alpha value is -2.59. The van der Waals surface area contributed by atoms with Gasteiger partial charge in [0, 0.05) is 33.5 Å². The van der Waals surface area contributed by atoms with Crippen molar-refractivity contribution < 1.29 is 18.0 Å². The molecule has 1 N–H and O–H groups in total. The molecule has 7 nitrogen and oxygen atoms in total. The normalized spacial score (nSPS) is 14.4. The number of para-hydroxylation sites is 1. The van der Waals surface area contributed by atoms with Crippen LogP contribution in [0.2, 0.25) is 10.0 Å². The monoisotopic (exact) mass is 679 g/mol. The molecule has 0 bridgehead atoms. The topological polar surface area (TPSA) is 86.8 Å². The number of rotatable bonds is 11. The lowest BCUT2D eigenvalue weighted by Gasteiger charge is -2.34. The average Bonchev–Trinajstić information content (AvgIpc) is 3.43. The molecule has 0 aliphatic heterocycles. The van der Waals surface area contributed by atoms with E-state index in [1.54, 1.807) is 42.5 Å². The van der Waals surface area contributed by atoms with Crippen molar-refractivity contribution in [3.05, 3.63) is 98.4 Å². The molecule has 0 unspecified atom stereocenters. The number of benzene rings is 3. The molecule has 218 valence electrons. The van der Waals surface area contributed by atoms with Crippen LogP contribution >= 0.6 is 39.1 Å². The molecule has 0 radical (unpaired) electrons. The zero-order valence-corrected chi connectivity index (χ0v) is 26.5. The predicted molar refractivity (Wildman–Crippen MR) is 168 cm³/mol. The summed E-state index contributed by atoms with van der Waals surface area (Å²) in [6.07, 6.45) is 5.12. The number of anilines is 1. The number of hydrogen-bond acceptors (Lipinski definition) is 4. The summed E-state index contributed by atoms with van der Waals surface area (Å²) in [5, 5.41) is 3.92. The molecular formula is C30H32BrCl2N3O4S. The largest absolute Gasteiger partial charge is 0.352 e. The van der Waals surface area contributed by atoms with Crippen LogP contribution in [0.1, 0.15) is 36.8 Å². The molecule has 2 amide bonds. The van der Waals surface area contributed by atoms with E-state index in [4.69, 9.17) is 23.2 Å². The van der Waals surface area contributed by atoms with Gasteiger partial charge >= 0.3 is 0 Å². The number of halogens is 3. The van der Waals surface area contributed by atoms with Crippen molar-refractivity contribution in [3.8, 4) is 0 Å². The van der Waals surface area contributed by atoms with E-state index in [-0.39, 0.29) is 24.9 Å². The second-order valence-corrected chi connectivity index (χ2v) is 13.8. The first-order chi connectivity index (χ1) is 19.5. The minimum atomic E-state index is -3.87. The molecule has 1 aliphatic rings. The highest BCUT2D eigenvalue weighted by Crippen LogP contribution is 2.29. The van der Waals surface area contributed by atoms with E-state index < -0.39 is 28.5 Å². The van der Waals surface area contributed by atoms with Gasteiger partial charge in [-0.15, -0.1) is 0 Å². The highest BCUT2D eigenvalue weighted by Gasteiger charge is 2.34. The first-order valence-electron chi connectivity index (χ1n) is 13.3. The molecular weight excluding hydrogens is 649 g/mol. The molecule has 11 heteroatoms. The summed E-state index contributed by atoms with van der Waals surface area (Å²) < 4.78 is 27.4. The van der Waals surface area contributed by atoms with Crippen molar-refractivity contribution in [1.82, 2.24) is 10.2 Å². The summed E-state index contributed by atoms with van der Waals surface area (Å²) in [6.45, 7) is -0.521. The Kier molecular flexibility index (Phi) is 10.7. The Balaban J connectivity index is 1.75. The Morgan fingerprint density at radius 3 is 2.29 bits per heavy atom. The van der Waals surface area contributed by atoms with E-state index in [1.807, 2.05) is 30.3 Å². The third-order valence-corrected chi connectivity index (χ3v) is 9.51. The smallest absolute Gasteiger partial charge is 0.244 e. The maximum Gasteiger partial charge on any atom is 0.244 e. The molecule has 41 heavy (non-hydrogen) atoms. The minimum Gasteiger partial charge on any atom is -0.352 e. The molecule has 1 saturated carbocycles. The molecule has 4 rings (SSSR count). The number of amides is 2. The number of nitrogens with zero attached hydrogens (tertiary/aromatic N) is 2. The quantitative estimate of drug-likeness (QED) is 0.261. The van der Waals surface area contributed by atoms with E-state index >= 15 is 0 Å². The second-order valence-electron chi connectivity index (χ2n) is 10.2. The number of carbonyl (C=O) groups excluding carboxylic acids is 2. The van der Waals surface area contributed by atoms with Gasteiger partial charge in [-0.25, -0.2) is 8.42 Å². The lowest BCUT2D eigenvalue weighted by atomic mass is 10.0. The standard InChI is InChI=1S/C30H32BrCl2N3O4S/c1-41(39,40)36(27-14-8-7-13-25(27)31)20-29(37)35(19-22-15-16-23(32)18-26(22)33)28(17-21-9-3-2-4-10-21)30(38)34-24-11-5-6-12-24/h2-4,7-10,13-16,18,24,28H,5-6,11-12,17,19-20H2,1H3,(H,34,38)/t28-/m0/s1. The highest BCUT2D eigenvalue weighted by molar-refractivity contribution is 9.10. The van der Waals surface area contributed by atoms with Crippen LogP contribution in [0.3, 0.4) is 0 Å². The highest BCUT2D eigenvalue weighted by atomic mass is 79.9. The van der Waals surface area contributed by atoms with Gasteiger partial charge in [-0.3, -0.25) is 13.9 Å². The van der Waals surface area contributed by atoms with Gasteiger partial charge in [0.25, 0.3) is 0 Å². The maximum absolute atomic E-state index is 14.2. The molecule has 1 aliphatic carbocycles. The van der Waals surface area contributed by atoms with Gasteiger partial charge in [0.05, 0.1) is 11.9 Å². The van der Waals surface area contributed by atoms with Gasteiger partial charge in [0.2, 0.25) is 21.8 Å². The van der Waals surface area contributed by atoms with E-state index in [0.717, 1.165) is 41.8 Å². The number of sulfonamides is 1. The van der Waals surface area contributed by atoms with Crippen molar-refractivity contribution in [3.63, 3.8) is 0 Å². The number of carbonyl (C=O) groups is 2. The first-order valence-corrected chi connectivity index (χ1v) is 16.7. The molecule has 3 aromatic carbocycles. The Morgan fingerprint density at radius 1 is 1.00 bits per heavy atom. The van der Waals surface area contributed by atoms with Gasteiger partial charge < -0.3 is 10.2 Å². The Bertz CT molecular complexity index is 1480. The fraction of sp³-hybridized carbons (Fsp3) is 0.333. The van der Waals surface area contributed by atoms with Gasteiger partial charge in [-0.05, 0) is 64.2 Å². The fourth-order valence-electron chi connectivity index (χ4n) is 5.00. The molecule has 0 spiro atoms. The van der Waals surface area contributed by atoms with Crippen molar-refractivity contribution in [2.75, 3.05) is 17.1 Å². The Labute approximate surface area is 260 Å². The zero-order valence-electron chi connectivity index (χ0n) is 22.6. The van der Waals surface area contributed by atoms with Crippen LogP contribution in [-0.2, 0) is 32.6 Å². The summed E-state index contributed by atoms with van der Waals surface area (Å²) in [5.74, 6) is -0.828. The lowest BCUT2D eigenvalue weighted by molar-refractivity contribution is -0.140. The Morgan fingerprint density at radius 2 is 1.66 bits per heavy atom. The van der Waals surface area contributed by atoms with Crippen molar-refractivity contribution in [2.24, 2.45) is 0 Å². The molecule has 3 aromatic rings. The van der Waals surface area contributed by atoms with Crippen LogP contribution in [-0.4, -0.2) is 50.0 Å². The predicted octanol–water partition coefficient (Wildman–Crippen LogP) is 6.22. The van der Waals surface area contributed by atoms with Crippen LogP contribution in [0.15, 0.2) is 77.3 Å². The van der Waals surface area contributed by atoms with E-state index in [1.165, 1.54) is 4.90 Å². The third-order valence-electron chi connectivity index (χ3n) is 7.13. The lowest BCUT2D eigenvalue weighted by Crippen LogP contribution is -2.54. The molecule has 0 heterocycles. The van der Waals surface area contributed by atoms with E-state index in [9.17, 15) is 18.0 Å². The van der Waals surface area contributed by atoms with Crippen LogP contribution in [0.5, 0.6) is 0 Å². The summed E-state index contributed by atoms with van der Waals surface area (Å²) >= 11 is 16.1. The fourth-order valence-corrected chi connectivity index (χ4v) is 6.95. The summed E-state index contributed by atoms with van der Waals surface area (Å²) in [6, 6.07) is 20.3. The minimum absolute atomic E-state index is 0.0159. The number of nitrogens with one attached hydrogen (secondary N) is 1. The van der Waals surface area contributed by atoms with Crippen molar-refractivity contribution in [1.29, 1.82) is 0 Å². The second kappa shape index (κ2) is 14.1. The SMILES string of the molecule is CS(=O)(=O)N(CC(=O)N(Cc1ccc(Cl)cc1Cl)[C@@H](Cc1ccccc1)C(=O)NC1CCCC1)c1ccccc1Br. The van der Waals surface area contributed by atoms with Crippen LogP contribution in [0.4, 0.5) is 5.69 Å². The van der Waals surface area contributed by atoms with Crippen LogP contribution < -0.4 is 9.62 Å².